The number of aliphatic hydroxyl groups is 1. The number of Topliss-reactive ketones (excluding diaryl/α,β-unsaturated/α-hetero) is 1. The van der Waals surface area contributed by atoms with Gasteiger partial charge >= 0.3 is 103 Å². The summed E-state index contributed by atoms with van der Waals surface area (Å²) in [5, 5.41) is 10.2. The molecule has 1 N–H and O–H groups in total. The van der Waals surface area contributed by atoms with Gasteiger partial charge in [-0.15, -0.1) is 0 Å². The molecule has 88 valence electrons. The van der Waals surface area contributed by atoms with E-state index >= 15 is 0 Å². The molecule has 0 saturated heterocycles. The van der Waals surface area contributed by atoms with E-state index in [9.17, 15) is 9.90 Å². The van der Waals surface area contributed by atoms with Gasteiger partial charge in [-0.1, -0.05) is 0 Å². The molecule has 1 rings (SSSR count). The van der Waals surface area contributed by atoms with Crippen molar-refractivity contribution in [1.29, 1.82) is 0 Å². The SMILES string of the molecule is CC[C@@](C)(O)[C@H]([Se]c1ccccc1)C(C)=O. The van der Waals surface area contributed by atoms with Gasteiger partial charge in [0, 0.05) is 0 Å². The Kier molecular flexibility index (Phi) is 4.72. The third-order valence-electron chi connectivity index (χ3n) is 2.65. The number of carbonyl (C=O) groups is 1. The standard InChI is InChI=1S/C13H18O2Se/c1-4-13(3,15)12(10(2)14)16-11-8-6-5-7-9-11/h5-9,12,15H,4H2,1-3H3/t12-,13-/m1/s1. The molecular formula is C13H18O2Se. The predicted molar refractivity (Wildman–Crippen MR) is 67.2 cm³/mol. The van der Waals surface area contributed by atoms with Crippen molar-refractivity contribution in [2.45, 2.75) is 37.6 Å². The number of hydrogen-bond acceptors (Lipinski definition) is 2. The summed E-state index contributed by atoms with van der Waals surface area (Å²) in [7, 11) is 0. The van der Waals surface area contributed by atoms with Crippen LogP contribution in [0, 0.1) is 0 Å². The fraction of sp³-hybridized carbons (Fsp3) is 0.462. The van der Waals surface area contributed by atoms with Crippen LogP contribution in [0.4, 0.5) is 0 Å². The van der Waals surface area contributed by atoms with E-state index in [4.69, 9.17) is 0 Å². The quantitative estimate of drug-likeness (QED) is 0.834. The number of hydrogen-bond donors (Lipinski definition) is 1. The molecule has 0 unspecified atom stereocenters. The Bertz CT molecular complexity index is 346. The van der Waals surface area contributed by atoms with Crippen LogP contribution < -0.4 is 4.46 Å². The van der Waals surface area contributed by atoms with Gasteiger partial charge in [0.2, 0.25) is 0 Å². The van der Waals surface area contributed by atoms with Crippen molar-refractivity contribution in [1.82, 2.24) is 0 Å². The summed E-state index contributed by atoms with van der Waals surface area (Å²) < 4.78 is 1.16. The van der Waals surface area contributed by atoms with Gasteiger partial charge in [-0.2, -0.15) is 0 Å². The number of carbonyl (C=O) groups excluding carboxylic acids is 1. The second kappa shape index (κ2) is 5.62. The van der Waals surface area contributed by atoms with E-state index in [1.807, 2.05) is 37.3 Å². The van der Waals surface area contributed by atoms with Gasteiger partial charge in [0.15, 0.2) is 0 Å². The first-order chi connectivity index (χ1) is 7.47. The maximum absolute atomic E-state index is 11.6. The van der Waals surface area contributed by atoms with Crippen LogP contribution in [0.2, 0.25) is 4.82 Å². The summed E-state index contributed by atoms with van der Waals surface area (Å²) in [6, 6.07) is 9.92. The number of ketones is 1. The zero-order valence-corrected chi connectivity index (χ0v) is 11.6. The topological polar surface area (TPSA) is 37.3 Å². The average Bonchev–Trinajstić information content (AvgIpc) is 2.26. The van der Waals surface area contributed by atoms with Gasteiger partial charge in [0.25, 0.3) is 0 Å². The van der Waals surface area contributed by atoms with Crippen LogP contribution >= 0.6 is 0 Å². The third-order valence-corrected chi connectivity index (χ3v) is 6.05. The molecule has 0 saturated carbocycles. The molecule has 2 nitrogen and oxygen atoms in total. The van der Waals surface area contributed by atoms with Crippen LogP contribution in [0.15, 0.2) is 30.3 Å². The first-order valence-corrected chi connectivity index (χ1v) is 7.26. The van der Waals surface area contributed by atoms with Gasteiger partial charge in [0.05, 0.1) is 0 Å². The molecule has 0 spiro atoms. The summed E-state index contributed by atoms with van der Waals surface area (Å²) >= 11 is -0.00734. The van der Waals surface area contributed by atoms with Crippen molar-refractivity contribution >= 4 is 25.2 Å². The van der Waals surface area contributed by atoms with Crippen molar-refractivity contribution in [3.63, 3.8) is 0 Å². The summed E-state index contributed by atoms with van der Waals surface area (Å²) in [4.78, 5) is 11.4. The van der Waals surface area contributed by atoms with Gasteiger partial charge < -0.3 is 0 Å². The predicted octanol–water partition coefficient (Wildman–Crippen LogP) is 1.55. The number of rotatable bonds is 5. The first kappa shape index (κ1) is 13.4. The van der Waals surface area contributed by atoms with Crippen LogP contribution in [-0.2, 0) is 4.79 Å². The molecule has 0 aliphatic carbocycles. The van der Waals surface area contributed by atoms with Crippen molar-refractivity contribution in [2.75, 3.05) is 0 Å². The van der Waals surface area contributed by atoms with E-state index in [1.54, 1.807) is 13.8 Å². The second-order valence-electron chi connectivity index (χ2n) is 4.13. The van der Waals surface area contributed by atoms with Gasteiger partial charge in [-0.05, 0) is 0 Å². The van der Waals surface area contributed by atoms with Crippen LogP contribution in [0.5, 0.6) is 0 Å². The molecule has 16 heavy (non-hydrogen) atoms. The number of benzene rings is 1. The van der Waals surface area contributed by atoms with E-state index in [2.05, 4.69) is 0 Å². The molecule has 0 fully saturated rings. The zero-order valence-electron chi connectivity index (χ0n) is 9.93. The molecular weight excluding hydrogens is 267 g/mol. The molecule has 0 radical (unpaired) electrons. The third kappa shape index (κ3) is 3.44. The van der Waals surface area contributed by atoms with E-state index in [0.717, 1.165) is 4.46 Å². The van der Waals surface area contributed by atoms with E-state index in [0.29, 0.717) is 6.42 Å². The minimum absolute atomic E-state index is 0.00734. The maximum atomic E-state index is 11.6. The molecule has 0 aliphatic rings. The van der Waals surface area contributed by atoms with Crippen molar-refractivity contribution in [2.24, 2.45) is 0 Å². The first-order valence-electron chi connectivity index (χ1n) is 5.42. The van der Waals surface area contributed by atoms with Crippen molar-refractivity contribution < 1.29 is 9.90 Å². The monoisotopic (exact) mass is 286 g/mol. The van der Waals surface area contributed by atoms with E-state index < -0.39 is 5.60 Å². The molecule has 3 heteroatoms. The fourth-order valence-corrected chi connectivity index (χ4v) is 3.93. The van der Waals surface area contributed by atoms with Crippen molar-refractivity contribution in [3.05, 3.63) is 30.3 Å². The molecule has 0 aromatic heterocycles. The van der Waals surface area contributed by atoms with Crippen LogP contribution in [-0.4, -0.2) is 31.4 Å². The minimum atomic E-state index is -0.887. The van der Waals surface area contributed by atoms with E-state index in [1.165, 1.54) is 0 Å². The molecule has 1 aromatic carbocycles. The molecule has 0 bridgehead atoms. The second-order valence-corrected chi connectivity index (χ2v) is 6.60. The van der Waals surface area contributed by atoms with Gasteiger partial charge in [0.1, 0.15) is 0 Å². The normalized spacial score (nSPS) is 16.5. The molecule has 0 heterocycles. The Hall–Kier alpha value is -0.631. The Morgan fingerprint density at radius 3 is 2.44 bits per heavy atom. The van der Waals surface area contributed by atoms with Crippen LogP contribution in [0.25, 0.3) is 0 Å². The summed E-state index contributed by atoms with van der Waals surface area (Å²) in [5.41, 5.74) is -0.887. The van der Waals surface area contributed by atoms with Gasteiger partial charge in [-0.25, -0.2) is 0 Å². The molecule has 0 aliphatic heterocycles. The van der Waals surface area contributed by atoms with Crippen LogP contribution in [0.1, 0.15) is 27.2 Å². The Balaban J connectivity index is 2.85. The fourth-order valence-electron chi connectivity index (χ4n) is 1.47. The Morgan fingerprint density at radius 1 is 1.44 bits per heavy atom. The summed E-state index contributed by atoms with van der Waals surface area (Å²) in [6.45, 7) is 5.24. The van der Waals surface area contributed by atoms with Crippen molar-refractivity contribution in [3.8, 4) is 0 Å². The molecule has 2 atom stereocenters. The van der Waals surface area contributed by atoms with Gasteiger partial charge in [-0.3, -0.25) is 0 Å². The Labute approximate surface area is 103 Å². The summed E-state index contributed by atoms with van der Waals surface area (Å²) in [5.74, 6) is 0.0794. The average molecular weight is 285 g/mol. The van der Waals surface area contributed by atoms with Crippen LogP contribution in [0.3, 0.4) is 0 Å². The Morgan fingerprint density at radius 2 is 2.00 bits per heavy atom. The van der Waals surface area contributed by atoms with E-state index in [-0.39, 0.29) is 25.6 Å². The molecule has 1 aromatic rings. The molecule has 0 amide bonds. The zero-order chi connectivity index (χ0) is 12.2. The summed E-state index contributed by atoms with van der Waals surface area (Å²) in [6.07, 6.45) is 0.603.